The minimum absolute atomic E-state index is 0.0740. The highest BCUT2D eigenvalue weighted by Gasteiger charge is 2.51. The number of aliphatic hydroxyl groups is 1. The van der Waals surface area contributed by atoms with Gasteiger partial charge in [0.15, 0.2) is 12.2 Å². The number of ether oxygens (including phenoxy) is 4. The zero-order valence-corrected chi connectivity index (χ0v) is 25.7. The van der Waals surface area contributed by atoms with Gasteiger partial charge in [-0.3, -0.25) is 9.59 Å². The Morgan fingerprint density at radius 2 is 1.18 bits per heavy atom. The molecule has 44 heavy (non-hydrogen) atoms. The zero-order chi connectivity index (χ0) is 31.1. The summed E-state index contributed by atoms with van der Waals surface area (Å²) in [6.45, 7) is 4.45. The molecular formula is C36H36O7S. The summed E-state index contributed by atoms with van der Waals surface area (Å²) < 4.78 is 24.6. The highest BCUT2D eigenvalue weighted by atomic mass is 32.2. The summed E-state index contributed by atoms with van der Waals surface area (Å²) in [5.74, 6) is -1.19. The Labute approximate surface area is 262 Å². The van der Waals surface area contributed by atoms with E-state index in [1.165, 1.54) is 25.6 Å². The van der Waals surface area contributed by atoms with Gasteiger partial charge in [-0.1, -0.05) is 120 Å². The molecule has 0 bridgehead atoms. The SMILES string of the molecule is CC(=O)OC1C(Sc2ccc(C)cc2)OC(COC(c2ccccc2)(c2ccccc2)c2ccccc2)C(O)C1OC(C)=O. The van der Waals surface area contributed by atoms with Crippen LogP contribution in [0.25, 0.3) is 0 Å². The normalized spacial score (nSPS) is 21.8. The van der Waals surface area contributed by atoms with Gasteiger partial charge in [0, 0.05) is 18.7 Å². The second kappa shape index (κ2) is 14.2. The Bertz CT molecular complexity index is 1420. The van der Waals surface area contributed by atoms with Crippen LogP contribution in [0.15, 0.2) is 120 Å². The zero-order valence-electron chi connectivity index (χ0n) is 24.9. The maximum absolute atomic E-state index is 12.2. The summed E-state index contributed by atoms with van der Waals surface area (Å²) in [6.07, 6.45) is -4.53. The van der Waals surface area contributed by atoms with Crippen molar-refractivity contribution in [2.24, 2.45) is 0 Å². The summed E-state index contributed by atoms with van der Waals surface area (Å²) >= 11 is 1.33. The van der Waals surface area contributed by atoms with E-state index < -0.39 is 47.4 Å². The van der Waals surface area contributed by atoms with Crippen LogP contribution in [-0.2, 0) is 34.1 Å². The lowest BCUT2D eigenvalue weighted by molar-refractivity contribution is -0.234. The number of thioether (sulfide) groups is 1. The van der Waals surface area contributed by atoms with E-state index in [9.17, 15) is 14.7 Å². The predicted molar refractivity (Wildman–Crippen MR) is 168 cm³/mol. The number of aryl methyl sites for hydroxylation is 1. The maximum atomic E-state index is 12.2. The summed E-state index contributed by atoms with van der Waals surface area (Å²) in [6, 6.07) is 37.5. The number of rotatable bonds is 10. The molecule has 5 atom stereocenters. The maximum Gasteiger partial charge on any atom is 0.303 e. The van der Waals surface area contributed by atoms with E-state index in [1.54, 1.807) is 0 Å². The average molecular weight is 613 g/mol. The summed E-state index contributed by atoms with van der Waals surface area (Å²) in [7, 11) is 0. The summed E-state index contributed by atoms with van der Waals surface area (Å²) in [5.41, 5.74) is 1.90. The molecule has 0 aliphatic carbocycles. The number of carbonyl (C=O) groups is 2. The lowest BCUT2D eigenvalue weighted by Gasteiger charge is -2.44. The molecule has 0 aromatic heterocycles. The minimum Gasteiger partial charge on any atom is -0.456 e. The molecule has 5 unspecified atom stereocenters. The fourth-order valence-corrected chi connectivity index (χ4v) is 6.60. The molecule has 1 fully saturated rings. The molecular weight excluding hydrogens is 576 g/mol. The van der Waals surface area contributed by atoms with Crippen LogP contribution in [0.5, 0.6) is 0 Å². The number of aliphatic hydroxyl groups excluding tert-OH is 1. The molecule has 1 saturated heterocycles. The molecule has 228 valence electrons. The first-order valence-corrected chi connectivity index (χ1v) is 15.4. The van der Waals surface area contributed by atoms with Gasteiger partial charge in [-0.2, -0.15) is 0 Å². The molecule has 5 rings (SSSR count). The van der Waals surface area contributed by atoms with Crippen LogP contribution in [0.2, 0.25) is 0 Å². The van der Waals surface area contributed by atoms with Gasteiger partial charge in [0.05, 0.1) is 6.61 Å². The van der Waals surface area contributed by atoms with Crippen molar-refractivity contribution < 1.29 is 33.6 Å². The van der Waals surface area contributed by atoms with Crippen molar-refractivity contribution in [1.29, 1.82) is 0 Å². The van der Waals surface area contributed by atoms with Crippen molar-refractivity contribution in [3.8, 4) is 0 Å². The van der Waals surface area contributed by atoms with E-state index in [1.807, 2.05) is 122 Å². The van der Waals surface area contributed by atoms with Gasteiger partial charge in [0.2, 0.25) is 0 Å². The van der Waals surface area contributed by atoms with Crippen LogP contribution in [0.1, 0.15) is 36.1 Å². The van der Waals surface area contributed by atoms with E-state index in [-0.39, 0.29) is 6.61 Å². The van der Waals surface area contributed by atoms with Crippen molar-refractivity contribution in [1.82, 2.24) is 0 Å². The van der Waals surface area contributed by atoms with E-state index in [4.69, 9.17) is 18.9 Å². The third-order valence-corrected chi connectivity index (χ3v) is 8.66. The van der Waals surface area contributed by atoms with Crippen molar-refractivity contribution in [3.63, 3.8) is 0 Å². The number of benzene rings is 4. The molecule has 8 heteroatoms. The second-order valence-corrected chi connectivity index (χ2v) is 11.9. The molecule has 1 aliphatic rings. The van der Waals surface area contributed by atoms with E-state index in [0.717, 1.165) is 27.1 Å². The number of esters is 2. The van der Waals surface area contributed by atoms with Gasteiger partial charge >= 0.3 is 11.9 Å². The standard InChI is InChI=1S/C36H36O7S/c1-24-19-21-30(22-20-24)44-35-34(42-26(3)38)33(41-25(2)37)32(39)31(43-35)23-40-36(27-13-7-4-8-14-27,28-15-9-5-10-16-28)29-17-11-6-12-18-29/h4-22,31-35,39H,23H2,1-3H3. The van der Waals surface area contributed by atoms with Crippen molar-refractivity contribution in [3.05, 3.63) is 138 Å². The Balaban J connectivity index is 1.54. The Kier molecular flexibility index (Phi) is 10.2. The van der Waals surface area contributed by atoms with Crippen LogP contribution in [0.4, 0.5) is 0 Å². The van der Waals surface area contributed by atoms with Crippen LogP contribution in [-0.4, -0.2) is 53.5 Å². The fraction of sp³-hybridized carbons (Fsp3) is 0.278. The molecule has 0 radical (unpaired) electrons. The number of hydrogen-bond donors (Lipinski definition) is 1. The first kappa shape index (κ1) is 31.5. The Morgan fingerprint density at radius 3 is 1.64 bits per heavy atom. The minimum atomic E-state index is -1.35. The molecule has 1 N–H and O–H groups in total. The monoisotopic (exact) mass is 612 g/mol. The Morgan fingerprint density at radius 1 is 0.727 bits per heavy atom. The smallest absolute Gasteiger partial charge is 0.303 e. The first-order chi connectivity index (χ1) is 21.3. The fourth-order valence-electron chi connectivity index (χ4n) is 5.49. The Hall–Kier alpha value is -3.95. The quantitative estimate of drug-likeness (QED) is 0.171. The van der Waals surface area contributed by atoms with Gasteiger partial charge in [0.25, 0.3) is 0 Å². The topological polar surface area (TPSA) is 91.3 Å². The van der Waals surface area contributed by atoms with Crippen molar-refractivity contribution in [2.45, 2.75) is 61.1 Å². The predicted octanol–water partition coefficient (Wildman–Crippen LogP) is 6.05. The van der Waals surface area contributed by atoms with Gasteiger partial charge in [-0.05, 0) is 35.7 Å². The van der Waals surface area contributed by atoms with Crippen molar-refractivity contribution >= 4 is 23.7 Å². The highest BCUT2D eigenvalue weighted by Crippen LogP contribution is 2.42. The summed E-state index contributed by atoms with van der Waals surface area (Å²) in [5, 5.41) is 11.6. The van der Waals surface area contributed by atoms with Crippen LogP contribution >= 0.6 is 11.8 Å². The molecule has 4 aromatic carbocycles. The molecule has 7 nitrogen and oxygen atoms in total. The van der Waals surface area contributed by atoms with Crippen LogP contribution in [0, 0.1) is 6.92 Å². The third kappa shape index (κ3) is 7.05. The molecule has 0 saturated carbocycles. The lowest BCUT2D eigenvalue weighted by atomic mass is 9.80. The molecule has 0 spiro atoms. The largest absolute Gasteiger partial charge is 0.456 e. The summed E-state index contributed by atoms with van der Waals surface area (Å²) in [4.78, 5) is 25.2. The van der Waals surface area contributed by atoms with Gasteiger partial charge in [0.1, 0.15) is 23.2 Å². The third-order valence-electron chi connectivity index (χ3n) is 7.50. The van der Waals surface area contributed by atoms with Crippen LogP contribution < -0.4 is 0 Å². The molecule has 1 heterocycles. The van der Waals surface area contributed by atoms with E-state index in [0.29, 0.717) is 0 Å². The first-order valence-electron chi connectivity index (χ1n) is 14.5. The highest BCUT2D eigenvalue weighted by molar-refractivity contribution is 7.99. The van der Waals surface area contributed by atoms with Gasteiger partial charge < -0.3 is 24.1 Å². The van der Waals surface area contributed by atoms with Crippen molar-refractivity contribution in [2.75, 3.05) is 6.61 Å². The molecule has 1 aliphatic heterocycles. The number of hydrogen-bond acceptors (Lipinski definition) is 8. The second-order valence-electron chi connectivity index (χ2n) is 10.7. The molecule has 0 amide bonds. The lowest BCUT2D eigenvalue weighted by Crippen LogP contribution is -2.60. The average Bonchev–Trinajstić information content (AvgIpc) is 3.03. The van der Waals surface area contributed by atoms with E-state index in [2.05, 4.69) is 0 Å². The van der Waals surface area contributed by atoms with Gasteiger partial charge in [-0.25, -0.2) is 0 Å². The number of carbonyl (C=O) groups excluding carboxylic acids is 2. The van der Waals surface area contributed by atoms with Gasteiger partial charge in [-0.15, -0.1) is 0 Å². The van der Waals surface area contributed by atoms with E-state index >= 15 is 0 Å². The van der Waals surface area contributed by atoms with Crippen LogP contribution in [0.3, 0.4) is 0 Å². The molecule has 4 aromatic rings.